The first-order valence-electron chi connectivity index (χ1n) is 8.67. The molecule has 1 aromatic heterocycles. The lowest BCUT2D eigenvalue weighted by Gasteiger charge is -2.13. The Morgan fingerprint density at radius 2 is 1.71 bits per heavy atom. The standard InChI is InChI=1S/C20H17FN2O6S2/c1-28-13-3-6-17(29-2)18(9-13)31(26,27)14-4-5-16(21)15(10-14)20(25)23-22-19(24)12-7-8-30-11-12/h3-11H,1-2H3,(H,22,24)(H,23,25). The van der Waals surface area contributed by atoms with E-state index in [9.17, 15) is 22.4 Å². The molecule has 0 aliphatic heterocycles. The zero-order chi connectivity index (χ0) is 22.6. The summed E-state index contributed by atoms with van der Waals surface area (Å²) in [7, 11) is -1.51. The van der Waals surface area contributed by atoms with Crippen LogP contribution in [0.25, 0.3) is 0 Å². The van der Waals surface area contributed by atoms with Crippen LogP contribution < -0.4 is 20.3 Å². The monoisotopic (exact) mass is 464 g/mol. The molecule has 3 aromatic rings. The van der Waals surface area contributed by atoms with E-state index in [4.69, 9.17) is 9.47 Å². The van der Waals surface area contributed by atoms with E-state index in [0.717, 1.165) is 18.2 Å². The molecule has 0 fully saturated rings. The van der Waals surface area contributed by atoms with Gasteiger partial charge in [-0.05, 0) is 41.8 Å². The number of hydrazine groups is 1. The minimum absolute atomic E-state index is 0.0548. The van der Waals surface area contributed by atoms with Gasteiger partial charge < -0.3 is 9.47 Å². The first-order chi connectivity index (χ1) is 14.8. The molecule has 11 heteroatoms. The Kier molecular flexibility index (Phi) is 6.56. The van der Waals surface area contributed by atoms with Crippen LogP contribution in [0.1, 0.15) is 20.7 Å². The molecular weight excluding hydrogens is 447 g/mol. The maximum absolute atomic E-state index is 14.3. The molecule has 2 amide bonds. The molecule has 0 saturated heterocycles. The van der Waals surface area contributed by atoms with Crippen LogP contribution in [0.4, 0.5) is 4.39 Å². The lowest BCUT2D eigenvalue weighted by atomic mass is 10.2. The van der Waals surface area contributed by atoms with Crippen LogP contribution in [-0.4, -0.2) is 34.5 Å². The third kappa shape index (κ3) is 4.67. The molecule has 0 aliphatic rings. The van der Waals surface area contributed by atoms with Crippen molar-refractivity contribution in [2.45, 2.75) is 9.79 Å². The van der Waals surface area contributed by atoms with Gasteiger partial charge in [0.2, 0.25) is 9.84 Å². The summed E-state index contributed by atoms with van der Waals surface area (Å²) in [4.78, 5) is 23.8. The highest BCUT2D eigenvalue weighted by Gasteiger charge is 2.25. The number of ether oxygens (including phenoxy) is 2. The van der Waals surface area contributed by atoms with Crippen molar-refractivity contribution in [2.24, 2.45) is 0 Å². The molecule has 0 radical (unpaired) electrons. The Labute approximate surface area is 181 Å². The fourth-order valence-corrected chi connectivity index (χ4v) is 4.71. The number of methoxy groups -OCH3 is 2. The van der Waals surface area contributed by atoms with E-state index in [1.165, 1.54) is 43.8 Å². The van der Waals surface area contributed by atoms with Gasteiger partial charge in [0.05, 0.1) is 30.2 Å². The molecule has 1 heterocycles. The first-order valence-corrected chi connectivity index (χ1v) is 11.1. The molecular formula is C20H17FN2O6S2. The van der Waals surface area contributed by atoms with Gasteiger partial charge in [-0.1, -0.05) is 0 Å². The van der Waals surface area contributed by atoms with Crippen LogP contribution >= 0.6 is 11.3 Å². The van der Waals surface area contributed by atoms with Crippen molar-refractivity contribution >= 4 is 33.0 Å². The molecule has 162 valence electrons. The van der Waals surface area contributed by atoms with Crippen LogP contribution in [0.2, 0.25) is 0 Å². The second-order valence-electron chi connectivity index (χ2n) is 6.08. The molecule has 0 spiro atoms. The normalized spacial score (nSPS) is 10.9. The van der Waals surface area contributed by atoms with E-state index in [1.807, 2.05) is 0 Å². The Morgan fingerprint density at radius 3 is 2.35 bits per heavy atom. The molecule has 0 saturated carbocycles. The van der Waals surface area contributed by atoms with Gasteiger partial charge in [-0.15, -0.1) is 0 Å². The minimum atomic E-state index is -4.19. The van der Waals surface area contributed by atoms with Crippen LogP contribution in [0, 0.1) is 5.82 Å². The topological polar surface area (TPSA) is 111 Å². The number of rotatable bonds is 6. The summed E-state index contributed by atoms with van der Waals surface area (Å²) in [6, 6.07) is 8.52. The molecule has 2 N–H and O–H groups in total. The predicted octanol–water partition coefficient (Wildman–Crippen LogP) is 2.81. The van der Waals surface area contributed by atoms with E-state index in [-0.39, 0.29) is 21.3 Å². The Morgan fingerprint density at radius 1 is 0.968 bits per heavy atom. The number of sulfone groups is 1. The number of nitrogens with one attached hydrogen (secondary N) is 2. The summed E-state index contributed by atoms with van der Waals surface area (Å²) in [6.45, 7) is 0. The lowest BCUT2D eigenvalue weighted by Crippen LogP contribution is -2.41. The maximum atomic E-state index is 14.3. The molecule has 3 rings (SSSR count). The van der Waals surface area contributed by atoms with Gasteiger partial charge in [0.1, 0.15) is 22.2 Å². The van der Waals surface area contributed by atoms with Crippen molar-refractivity contribution < 1.29 is 31.9 Å². The first kappa shape index (κ1) is 22.2. The number of carbonyl (C=O) groups is 2. The average molecular weight is 464 g/mol. The van der Waals surface area contributed by atoms with Crippen molar-refractivity contribution in [1.82, 2.24) is 10.9 Å². The smallest absolute Gasteiger partial charge is 0.272 e. The van der Waals surface area contributed by atoms with Gasteiger partial charge in [-0.3, -0.25) is 20.4 Å². The van der Waals surface area contributed by atoms with E-state index in [0.29, 0.717) is 5.56 Å². The minimum Gasteiger partial charge on any atom is -0.497 e. The van der Waals surface area contributed by atoms with Gasteiger partial charge in [-0.25, -0.2) is 12.8 Å². The summed E-state index contributed by atoms with van der Waals surface area (Å²) in [5.41, 5.74) is 3.97. The largest absolute Gasteiger partial charge is 0.497 e. The van der Waals surface area contributed by atoms with Gasteiger partial charge in [0.25, 0.3) is 11.8 Å². The number of hydrogen-bond acceptors (Lipinski definition) is 7. The summed E-state index contributed by atoms with van der Waals surface area (Å²) in [6.07, 6.45) is 0. The van der Waals surface area contributed by atoms with Gasteiger partial charge in [0.15, 0.2) is 0 Å². The number of halogens is 1. The molecule has 2 aromatic carbocycles. The van der Waals surface area contributed by atoms with E-state index in [2.05, 4.69) is 10.9 Å². The lowest BCUT2D eigenvalue weighted by molar-refractivity contribution is 0.0844. The second-order valence-corrected chi connectivity index (χ2v) is 8.78. The summed E-state index contributed by atoms with van der Waals surface area (Å²) in [5.74, 6) is -2.25. The maximum Gasteiger partial charge on any atom is 0.272 e. The van der Waals surface area contributed by atoms with Crippen LogP contribution in [0.5, 0.6) is 11.5 Å². The number of benzene rings is 2. The van der Waals surface area contributed by atoms with Crippen molar-refractivity contribution in [3.63, 3.8) is 0 Å². The van der Waals surface area contributed by atoms with Crippen molar-refractivity contribution in [2.75, 3.05) is 14.2 Å². The third-order valence-electron chi connectivity index (χ3n) is 4.23. The van der Waals surface area contributed by atoms with Crippen LogP contribution in [0.3, 0.4) is 0 Å². The van der Waals surface area contributed by atoms with Crippen molar-refractivity contribution in [3.8, 4) is 11.5 Å². The van der Waals surface area contributed by atoms with Gasteiger partial charge in [-0.2, -0.15) is 11.3 Å². The predicted molar refractivity (Wildman–Crippen MR) is 111 cm³/mol. The molecule has 0 aliphatic carbocycles. The molecule has 0 bridgehead atoms. The summed E-state index contributed by atoms with van der Waals surface area (Å²) < 4.78 is 50.7. The third-order valence-corrected chi connectivity index (χ3v) is 6.68. The summed E-state index contributed by atoms with van der Waals surface area (Å²) in [5, 5.41) is 3.24. The number of hydrogen-bond donors (Lipinski definition) is 2. The highest BCUT2D eigenvalue weighted by atomic mass is 32.2. The van der Waals surface area contributed by atoms with Crippen LogP contribution in [0.15, 0.2) is 63.0 Å². The number of carbonyl (C=O) groups excluding carboxylic acids is 2. The number of amides is 2. The zero-order valence-corrected chi connectivity index (χ0v) is 18.0. The second kappa shape index (κ2) is 9.14. The number of thiophene rings is 1. The fourth-order valence-electron chi connectivity index (χ4n) is 2.61. The highest BCUT2D eigenvalue weighted by Crippen LogP contribution is 2.33. The highest BCUT2D eigenvalue weighted by molar-refractivity contribution is 7.91. The van der Waals surface area contributed by atoms with Gasteiger partial charge >= 0.3 is 0 Å². The average Bonchev–Trinajstić information content (AvgIpc) is 3.32. The molecule has 0 atom stereocenters. The Bertz CT molecular complexity index is 1230. The van der Waals surface area contributed by atoms with Gasteiger partial charge in [0, 0.05) is 11.4 Å². The van der Waals surface area contributed by atoms with Crippen LogP contribution in [-0.2, 0) is 9.84 Å². The van der Waals surface area contributed by atoms with Crippen molar-refractivity contribution in [1.29, 1.82) is 0 Å². The Balaban J connectivity index is 1.91. The quantitative estimate of drug-likeness (QED) is 0.429. The van der Waals surface area contributed by atoms with Crippen molar-refractivity contribution in [3.05, 3.63) is 70.2 Å². The molecule has 31 heavy (non-hydrogen) atoms. The Hall–Kier alpha value is -3.44. The molecule has 8 nitrogen and oxygen atoms in total. The molecule has 0 unspecified atom stereocenters. The fraction of sp³-hybridized carbons (Fsp3) is 0.100. The van der Waals surface area contributed by atoms with E-state index >= 15 is 0 Å². The SMILES string of the molecule is COc1ccc(OC)c(S(=O)(=O)c2ccc(F)c(C(=O)NNC(=O)c3ccsc3)c2)c1. The zero-order valence-electron chi connectivity index (χ0n) is 16.3. The summed E-state index contributed by atoms with van der Waals surface area (Å²) >= 11 is 1.29. The van der Waals surface area contributed by atoms with E-state index < -0.39 is 33.0 Å². The van der Waals surface area contributed by atoms with E-state index in [1.54, 1.807) is 16.8 Å².